The summed E-state index contributed by atoms with van der Waals surface area (Å²) in [7, 11) is 0. The van der Waals surface area contributed by atoms with Crippen LogP contribution in [0.1, 0.15) is 31.2 Å². The van der Waals surface area contributed by atoms with E-state index in [2.05, 4.69) is 21.2 Å². The van der Waals surface area contributed by atoms with E-state index in [0.717, 1.165) is 5.56 Å². The molecule has 0 aliphatic carbocycles. The maximum atomic E-state index is 12.8. The number of anilines is 2. The lowest BCUT2D eigenvalue weighted by atomic mass is 10.1. The summed E-state index contributed by atoms with van der Waals surface area (Å²) in [4.78, 5) is 49.9. The van der Waals surface area contributed by atoms with Crippen LogP contribution in [-0.4, -0.2) is 29.9 Å². The van der Waals surface area contributed by atoms with Crippen LogP contribution in [0.2, 0.25) is 0 Å². The molecule has 10 heteroatoms. The number of para-hydroxylation sites is 1. The number of carbonyl (C=O) groups is 4. The van der Waals surface area contributed by atoms with E-state index in [-0.39, 0.29) is 11.3 Å². The third kappa shape index (κ3) is 6.99. The summed E-state index contributed by atoms with van der Waals surface area (Å²) < 4.78 is 5.29. The number of nitrogens with zero attached hydrogens (tertiary/aromatic N) is 1. The quantitative estimate of drug-likeness (QED) is 0.107. The summed E-state index contributed by atoms with van der Waals surface area (Å²) in [6.07, 6.45) is 1.33. The molecule has 3 amide bonds. The van der Waals surface area contributed by atoms with E-state index in [4.69, 9.17) is 4.74 Å². The number of esters is 1. The molecular weight excluding hydrogens is 504 g/mol. The van der Waals surface area contributed by atoms with Crippen LogP contribution in [0.3, 0.4) is 0 Å². The fourth-order valence-corrected chi connectivity index (χ4v) is 3.88. The lowest BCUT2D eigenvalue weighted by molar-refractivity contribution is -0.136. The molecule has 9 nitrogen and oxygen atoms in total. The number of amides is 3. The predicted octanol–water partition coefficient (Wildman–Crippen LogP) is 4.62. The Morgan fingerprint density at radius 3 is 2.37 bits per heavy atom. The van der Waals surface area contributed by atoms with Gasteiger partial charge >= 0.3 is 17.8 Å². The van der Waals surface area contributed by atoms with E-state index in [0.29, 0.717) is 21.9 Å². The van der Waals surface area contributed by atoms with E-state index in [1.54, 1.807) is 60.0 Å². The van der Waals surface area contributed by atoms with E-state index >= 15 is 0 Å². The monoisotopic (exact) mass is 526 g/mol. The van der Waals surface area contributed by atoms with Gasteiger partial charge in [0.05, 0.1) is 17.5 Å². The Balaban J connectivity index is 1.31. The Kier molecular flexibility index (Phi) is 8.37. The van der Waals surface area contributed by atoms with Crippen molar-refractivity contribution in [3.63, 3.8) is 0 Å². The molecule has 0 aliphatic heterocycles. The van der Waals surface area contributed by atoms with Crippen LogP contribution in [0.25, 0.3) is 0 Å². The fraction of sp³-hybridized carbons (Fsp3) is 0.0357. The number of hydrogen-bond donors (Lipinski definition) is 3. The molecule has 0 saturated heterocycles. The van der Waals surface area contributed by atoms with Crippen molar-refractivity contribution in [3.05, 3.63) is 112 Å². The first-order valence-corrected chi connectivity index (χ1v) is 12.2. The molecule has 38 heavy (non-hydrogen) atoms. The van der Waals surface area contributed by atoms with Crippen molar-refractivity contribution < 1.29 is 23.9 Å². The van der Waals surface area contributed by atoms with Gasteiger partial charge < -0.3 is 15.4 Å². The highest BCUT2D eigenvalue weighted by atomic mass is 32.1. The number of benzene rings is 3. The third-order valence-electron chi connectivity index (χ3n) is 5.09. The Bertz CT molecular complexity index is 1500. The molecule has 0 atom stereocenters. The van der Waals surface area contributed by atoms with Crippen molar-refractivity contribution in [2.75, 3.05) is 10.6 Å². The molecule has 0 spiro atoms. The van der Waals surface area contributed by atoms with Crippen LogP contribution in [0.5, 0.6) is 5.75 Å². The van der Waals surface area contributed by atoms with Crippen LogP contribution in [0.15, 0.2) is 95.4 Å². The molecule has 0 aliphatic rings. The van der Waals surface area contributed by atoms with Crippen LogP contribution in [-0.2, 0) is 9.59 Å². The predicted molar refractivity (Wildman–Crippen MR) is 146 cm³/mol. The molecule has 4 rings (SSSR count). The van der Waals surface area contributed by atoms with Gasteiger partial charge in [0.15, 0.2) is 0 Å². The van der Waals surface area contributed by atoms with Gasteiger partial charge in [0.2, 0.25) is 0 Å². The first kappa shape index (κ1) is 26.0. The van der Waals surface area contributed by atoms with Crippen molar-refractivity contribution in [1.82, 2.24) is 5.43 Å². The van der Waals surface area contributed by atoms with Gasteiger partial charge in [0.1, 0.15) is 10.6 Å². The zero-order valence-electron chi connectivity index (χ0n) is 20.1. The van der Waals surface area contributed by atoms with Crippen molar-refractivity contribution in [1.29, 1.82) is 0 Å². The molecule has 1 heterocycles. The first-order valence-electron chi connectivity index (χ1n) is 11.4. The molecule has 0 bridgehead atoms. The van der Waals surface area contributed by atoms with Crippen molar-refractivity contribution in [3.8, 4) is 5.75 Å². The number of hydrazone groups is 1. The average Bonchev–Trinajstić information content (AvgIpc) is 3.45. The van der Waals surface area contributed by atoms with Gasteiger partial charge in [0.25, 0.3) is 5.91 Å². The van der Waals surface area contributed by atoms with Crippen molar-refractivity contribution >= 4 is 52.6 Å². The summed E-state index contributed by atoms with van der Waals surface area (Å²) in [6.45, 7) is 1.91. The van der Waals surface area contributed by atoms with Crippen LogP contribution in [0, 0.1) is 6.92 Å². The minimum Gasteiger partial charge on any atom is -0.422 e. The smallest absolute Gasteiger partial charge is 0.353 e. The van der Waals surface area contributed by atoms with Crippen LogP contribution < -0.4 is 20.8 Å². The normalized spacial score (nSPS) is 10.6. The number of thiophene rings is 1. The molecule has 0 unspecified atom stereocenters. The lowest BCUT2D eigenvalue weighted by Crippen LogP contribution is -2.33. The first-order chi connectivity index (χ1) is 18.4. The Morgan fingerprint density at radius 2 is 1.63 bits per heavy atom. The number of nitrogens with one attached hydrogen (secondary N) is 3. The number of hydrogen-bond acceptors (Lipinski definition) is 7. The standard InChI is InChI=1S/C28H22N4O5S/c1-18-6-4-7-20(16-18)30-25(33)22-8-2-3-9-23(22)31-26(34)27(35)32-29-17-19-11-13-21(14-12-19)37-28(36)24-10-5-15-38-24/h2-17H,1H3,(H,30,33)(H,31,34)(H,32,35). The molecule has 0 radical (unpaired) electrons. The van der Waals surface area contributed by atoms with Crippen LogP contribution in [0.4, 0.5) is 11.4 Å². The highest BCUT2D eigenvalue weighted by Gasteiger charge is 2.18. The second-order valence-corrected chi connectivity index (χ2v) is 8.91. The molecule has 3 aromatic carbocycles. The minimum atomic E-state index is -1.02. The highest BCUT2D eigenvalue weighted by molar-refractivity contribution is 7.12. The van der Waals surface area contributed by atoms with Crippen molar-refractivity contribution in [2.45, 2.75) is 6.92 Å². The average molecular weight is 527 g/mol. The second-order valence-electron chi connectivity index (χ2n) is 7.96. The largest absolute Gasteiger partial charge is 0.422 e. The summed E-state index contributed by atoms with van der Waals surface area (Å²) in [5.41, 5.74) is 4.70. The van der Waals surface area contributed by atoms with E-state index in [1.165, 1.54) is 29.7 Å². The molecule has 0 saturated carbocycles. The summed E-state index contributed by atoms with van der Waals surface area (Å²) in [6, 6.07) is 23.5. The minimum absolute atomic E-state index is 0.175. The summed E-state index contributed by atoms with van der Waals surface area (Å²) >= 11 is 1.28. The number of aryl methyl sites for hydroxylation is 1. The number of rotatable bonds is 7. The molecule has 3 N–H and O–H groups in total. The summed E-state index contributed by atoms with van der Waals surface area (Å²) in [5.74, 6) is -2.54. The summed E-state index contributed by atoms with van der Waals surface area (Å²) in [5, 5.41) is 10.8. The van der Waals surface area contributed by atoms with Gasteiger partial charge in [-0.2, -0.15) is 5.10 Å². The SMILES string of the molecule is Cc1cccc(NC(=O)c2ccccc2NC(=O)C(=O)NN=Cc2ccc(OC(=O)c3cccs3)cc2)c1. The van der Waals surface area contributed by atoms with Gasteiger partial charge in [-0.3, -0.25) is 14.4 Å². The molecule has 0 fully saturated rings. The fourth-order valence-electron chi connectivity index (χ4n) is 3.28. The van der Waals surface area contributed by atoms with E-state index in [9.17, 15) is 19.2 Å². The van der Waals surface area contributed by atoms with Gasteiger partial charge in [-0.15, -0.1) is 11.3 Å². The number of ether oxygens (including phenoxy) is 1. The Hall–Kier alpha value is -5.09. The molecular formula is C28H22N4O5S. The highest BCUT2D eigenvalue weighted by Crippen LogP contribution is 2.19. The van der Waals surface area contributed by atoms with E-state index in [1.807, 2.05) is 25.1 Å². The molecule has 4 aromatic rings. The topological polar surface area (TPSA) is 126 Å². The van der Waals surface area contributed by atoms with Gasteiger partial charge in [-0.25, -0.2) is 10.2 Å². The van der Waals surface area contributed by atoms with E-state index < -0.39 is 23.7 Å². The second kappa shape index (κ2) is 12.2. The maximum Gasteiger partial charge on any atom is 0.353 e. The lowest BCUT2D eigenvalue weighted by Gasteiger charge is -2.11. The molecule has 190 valence electrons. The van der Waals surface area contributed by atoms with Crippen molar-refractivity contribution in [2.24, 2.45) is 5.10 Å². The van der Waals surface area contributed by atoms with Gasteiger partial charge in [-0.05, 0) is 78.0 Å². The van der Waals surface area contributed by atoms with Gasteiger partial charge in [-0.1, -0.05) is 30.3 Å². The Morgan fingerprint density at radius 1 is 0.842 bits per heavy atom. The number of carbonyl (C=O) groups excluding carboxylic acids is 4. The molecule has 1 aromatic heterocycles. The third-order valence-corrected chi connectivity index (χ3v) is 5.94. The zero-order chi connectivity index (χ0) is 26.9. The van der Waals surface area contributed by atoms with Crippen LogP contribution >= 0.6 is 11.3 Å². The maximum absolute atomic E-state index is 12.8. The Labute approximate surface area is 222 Å². The zero-order valence-corrected chi connectivity index (χ0v) is 21.0. The van der Waals surface area contributed by atoms with Gasteiger partial charge in [0, 0.05) is 5.69 Å².